The molecule has 1 aliphatic rings. The van der Waals surface area contributed by atoms with E-state index >= 15 is 0 Å². The van der Waals surface area contributed by atoms with E-state index in [4.69, 9.17) is 4.84 Å². The first-order chi connectivity index (χ1) is 15.1. The van der Waals surface area contributed by atoms with Gasteiger partial charge in [-0.2, -0.15) is 4.73 Å². The van der Waals surface area contributed by atoms with Crippen molar-refractivity contribution in [1.82, 2.24) is 9.63 Å². The summed E-state index contributed by atoms with van der Waals surface area (Å²) in [6.45, 7) is 6.33. The van der Waals surface area contributed by atoms with Crippen LogP contribution in [0.2, 0.25) is 0 Å². The van der Waals surface area contributed by atoms with Crippen LogP contribution in [0.25, 0.3) is 21.0 Å². The number of hydrogen-bond acceptors (Lipinski definition) is 4. The molecule has 0 radical (unpaired) electrons. The zero-order valence-corrected chi connectivity index (χ0v) is 19.0. The van der Waals surface area contributed by atoms with Crippen molar-refractivity contribution < 1.29 is 9.94 Å². The zero-order valence-electron chi connectivity index (χ0n) is 18.2. The first kappa shape index (κ1) is 20.6. The number of aromatic nitrogens is 1. The van der Waals surface area contributed by atoms with Gasteiger partial charge in [-0.05, 0) is 85.3 Å². The second-order valence-corrected chi connectivity index (χ2v) is 9.83. The number of β-amino-alcohol motifs (C(OH)–C–C–N with tert-alkyl or cyclic N) is 1. The van der Waals surface area contributed by atoms with Crippen molar-refractivity contribution in [2.24, 2.45) is 0 Å². The second-order valence-electron chi connectivity index (χ2n) is 8.88. The lowest BCUT2D eigenvalue weighted by atomic mass is 9.85. The van der Waals surface area contributed by atoms with E-state index in [2.05, 4.69) is 66.6 Å². The molecule has 1 N–H and O–H groups in total. The summed E-state index contributed by atoms with van der Waals surface area (Å²) in [5, 5.41) is 15.4. The Morgan fingerprint density at radius 1 is 1.19 bits per heavy atom. The summed E-state index contributed by atoms with van der Waals surface area (Å²) in [5.74, 6) is 0.596. The van der Waals surface area contributed by atoms with Gasteiger partial charge in [0.05, 0.1) is 5.52 Å². The number of likely N-dealkylation sites (tertiary alicyclic amines) is 1. The summed E-state index contributed by atoms with van der Waals surface area (Å²) in [5.41, 5.74) is 3.73. The van der Waals surface area contributed by atoms with Crippen molar-refractivity contribution in [3.05, 3.63) is 71.2 Å². The van der Waals surface area contributed by atoms with Gasteiger partial charge < -0.3 is 9.94 Å². The number of nitrogens with zero attached hydrogens (tertiary/aromatic N) is 2. The average Bonchev–Trinajstić information content (AvgIpc) is 3.40. The fourth-order valence-electron chi connectivity index (χ4n) is 4.93. The molecule has 1 saturated heterocycles. The highest BCUT2D eigenvalue weighted by Crippen LogP contribution is 2.34. The van der Waals surface area contributed by atoms with Crippen molar-refractivity contribution in [3.8, 4) is 0 Å². The van der Waals surface area contributed by atoms with Crippen LogP contribution in [-0.4, -0.2) is 46.6 Å². The predicted molar refractivity (Wildman–Crippen MR) is 129 cm³/mol. The highest BCUT2D eigenvalue weighted by Gasteiger charge is 2.28. The van der Waals surface area contributed by atoms with E-state index in [1.54, 1.807) is 16.1 Å². The highest BCUT2D eigenvalue weighted by atomic mass is 32.1. The van der Waals surface area contributed by atoms with Crippen LogP contribution in [0.3, 0.4) is 0 Å². The Bertz CT molecular complexity index is 1180. The lowest BCUT2D eigenvalue weighted by molar-refractivity contribution is -0.00000235. The van der Waals surface area contributed by atoms with Gasteiger partial charge in [-0.3, -0.25) is 4.90 Å². The first-order valence-electron chi connectivity index (χ1n) is 11.2. The van der Waals surface area contributed by atoms with Crippen LogP contribution >= 0.6 is 11.3 Å². The van der Waals surface area contributed by atoms with Gasteiger partial charge >= 0.3 is 0 Å². The molecular weight excluding hydrogens is 404 g/mol. The van der Waals surface area contributed by atoms with Crippen molar-refractivity contribution >= 4 is 32.3 Å². The molecule has 1 aliphatic heterocycles. The van der Waals surface area contributed by atoms with Crippen LogP contribution in [-0.2, 0) is 0 Å². The normalized spacial score (nSPS) is 21.0. The van der Waals surface area contributed by atoms with E-state index in [9.17, 15) is 5.11 Å². The van der Waals surface area contributed by atoms with Crippen LogP contribution in [0.4, 0.5) is 0 Å². The van der Waals surface area contributed by atoms with Gasteiger partial charge in [0, 0.05) is 28.9 Å². The number of hydrogen-bond donors (Lipinski definition) is 1. The molecule has 0 unspecified atom stereocenters. The minimum Gasteiger partial charge on any atom is -0.411 e. The fourth-order valence-corrected chi connectivity index (χ4v) is 5.70. The third-order valence-corrected chi connectivity index (χ3v) is 7.63. The van der Waals surface area contributed by atoms with Crippen LogP contribution in [0.15, 0.2) is 60.1 Å². The minimum atomic E-state index is -0.511. The van der Waals surface area contributed by atoms with Gasteiger partial charge in [0.15, 0.2) is 0 Å². The van der Waals surface area contributed by atoms with E-state index in [0.717, 1.165) is 24.9 Å². The smallest absolute Gasteiger partial charge is 0.142 e. The number of benzene rings is 2. The summed E-state index contributed by atoms with van der Waals surface area (Å²) in [6, 6.07) is 17.9. The number of aliphatic hydroxyl groups is 1. The number of fused-ring (bicyclic) bond motifs is 2. The summed E-state index contributed by atoms with van der Waals surface area (Å²) < 4.78 is 3.14. The molecule has 3 heterocycles. The molecule has 4 nitrogen and oxygen atoms in total. The maximum absolute atomic E-state index is 10.6. The molecule has 2 aromatic carbocycles. The van der Waals surface area contributed by atoms with Gasteiger partial charge in [-0.1, -0.05) is 24.3 Å². The molecular formula is C26H30N2O2S. The molecule has 162 valence electrons. The molecule has 0 saturated carbocycles. The molecule has 5 heteroatoms. The maximum atomic E-state index is 10.6. The van der Waals surface area contributed by atoms with Crippen molar-refractivity contribution in [2.75, 3.05) is 19.7 Å². The highest BCUT2D eigenvalue weighted by molar-refractivity contribution is 7.17. The van der Waals surface area contributed by atoms with Crippen LogP contribution in [0.5, 0.6) is 0 Å². The Hall–Kier alpha value is -2.34. The molecule has 31 heavy (non-hydrogen) atoms. The molecule has 0 aliphatic carbocycles. The monoisotopic (exact) mass is 434 g/mol. The topological polar surface area (TPSA) is 37.6 Å². The molecule has 1 fully saturated rings. The second kappa shape index (κ2) is 8.65. The van der Waals surface area contributed by atoms with Crippen molar-refractivity contribution in [1.29, 1.82) is 0 Å². The summed E-state index contributed by atoms with van der Waals surface area (Å²) in [4.78, 5) is 8.33. The fraction of sp³-hybridized carbons (Fsp3) is 0.385. The molecule has 3 atom stereocenters. The molecule has 0 bridgehead atoms. The Labute approximate surface area is 187 Å². The van der Waals surface area contributed by atoms with Gasteiger partial charge in [0.2, 0.25) is 0 Å². The predicted octanol–water partition coefficient (Wildman–Crippen LogP) is 5.22. The maximum Gasteiger partial charge on any atom is 0.142 e. The van der Waals surface area contributed by atoms with E-state index in [1.807, 2.05) is 12.3 Å². The largest absolute Gasteiger partial charge is 0.411 e. The SMILES string of the molecule is Cc1cccc2c1ccn2OC[C@@H](O)CN1CC[C@H](c2ccc3sccc3c2)C[C@@H]1C. The van der Waals surface area contributed by atoms with Gasteiger partial charge in [0.25, 0.3) is 0 Å². The Balaban J connectivity index is 1.16. The van der Waals surface area contributed by atoms with Crippen molar-refractivity contribution in [2.45, 2.75) is 44.8 Å². The number of rotatable bonds is 6. The standard InChI is InChI=1S/C26H30N2O2S/c1-18-4-3-5-25-24(18)9-12-28(25)30-17-23(29)16-27-11-8-21(14-19(27)2)20-6-7-26-22(15-20)10-13-31-26/h3-7,9-10,12-13,15,19,21,23,29H,8,11,14,16-17H2,1-2H3/t19-,21-,23-/m0/s1. The van der Waals surface area contributed by atoms with E-state index in [-0.39, 0.29) is 0 Å². The van der Waals surface area contributed by atoms with Gasteiger partial charge in [-0.25, -0.2) is 0 Å². The minimum absolute atomic E-state index is 0.291. The summed E-state index contributed by atoms with van der Waals surface area (Å²) in [7, 11) is 0. The van der Waals surface area contributed by atoms with E-state index in [0.29, 0.717) is 25.1 Å². The van der Waals surface area contributed by atoms with Crippen LogP contribution in [0, 0.1) is 6.92 Å². The van der Waals surface area contributed by atoms with Gasteiger partial charge in [-0.15, -0.1) is 11.3 Å². The van der Waals surface area contributed by atoms with E-state index in [1.165, 1.54) is 26.6 Å². The van der Waals surface area contributed by atoms with E-state index < -0.39 is 6.10 Å². The number of aliphatic hydroxyl groups excluding tert-OH is 1. The molecule has 0 spiro atoms. The van der Waals surface area contributed by atoms with Crippen molar-refractivity contribution in [3.63, 3.8) is 0 Å². The average molecular weight is 435 g/mol. The third kappa shape index (κ3) is 4.22. The van der Waals surface area contributed by atoms with Crippen LogP contribution in [0.1, 0.15) is 36.8 Å². The Kier molecular flexibility index (Phi) is 5.74. The zero-order chi connectivity index (χ0) is 21.4. The summed E-state index contributed by atoms with van der Waals surface area (Å²) in [6.07, 6.45) is 3.69. The van der Waals surface area contributed by atoms with Crippen LogP contribution < -0.4 is 4.84 Å². The lowest BCUT2D eigenvalue weighted by Gasteiger charge is -2.38. The lowest BCUT2D eigenvalue weighted by Crippen LogP contribution is -2.45. The molecule has 4 aromatic rings. The van der Waals surface area contributed by atoms with Gasteiger partial charge in [0.1, 0.15) is 12.7 Å². The number of thiophene rings is 1. The third-order valence-electron chi connectivity index (χ3n) is 6.73. The number of aryl methyl sites for hydroxylation is 1. The Morgan fingerprint density at radius 2 is 2.10 bits per heavy atom. The molecule has 2 aromatic heterocycles. The molecule has 5 rings (SSSR count). The quantitative estimate of drug-likeness (QED) is 0.452. The Morgan fingerprint density at radius 3 is 2.97 bits per heavy atom. The first-order valence-corrected chi connectivity index (χ1v) is 12.1. The molecule has 0 amide bonds. The summed E-state index contributed by atoms with van der Waals surface area (Å²) >= 11 is 1.81. The number of piperidine rings is 1.